The molecule has 0 saturated heterocycles. The van der Waals surface area contributed by atoms with Crippen molar-refractivity contribution in [2.75, 3.05) is 18.5 Å². The fourth-order valence-electron chi connectivity index (χ4n) is 2.21. The quantitative estimate of drug-likeness (QED) is 0.687. The van der Waals surface area contributed by atoms with Crippen molar-refractivity contribution in [2.45, 2.75) is 24.7 Å². The number of anilines is 1. The van der Waals surface area contributed by atoms with Crippen LogP contribution in [-0.4, -0.2) is 32.7 Å². The fourth-order valence-corrected chi connectivity index (χ4v) is 3.29. The van der Waals surface area contributed by atoms with Crippen LogP contribution in [0.1, 0.15) is 16.1 Å². The minimum absolute atomic E-state index is 0.639. The van der Waals surface area contributed by atoms with Gasteiger partial charge in [0.1, 0.15) is 0 Å². The highest BCUT2D eigenvalue weighted by atomic mass is 32.2. The van der Waals surface area contributed by atoms with E-state index < -0.39 is 0 Å². The van der Waals surface area contributed by atoms with E-state index in [0.29, 0.717) is 5.13 Å². The molecule has 100 valence electrons. The molecule has 1 aliphatic rings. The van der Waals surface area contributed by atoms with Crippen LogP contribution in [0.15, 0.2) is 17.6 Å². The summed E-state index contributed by atoms with van der Waals surface area (Å²) in [5, 5.41) is 1.50. The van der Waals surface area contributed by atoms with Crippen molar-refractivity contribution >= 4 is 28.2 Å². The maximum Gasteiger partial charge on any atom is 0.187 e. The molecule has 7 heteroatoms. The average molecular weight is 293 g/mol. The van der Waals surface area contributed by atoms with Crippen molar-refractivity contribution in [3.63, 3.8) is 0 Å². The lowest BCUT2D eigenvalue weighted by Gasteiger charge is -2.27. The van der Waals surface area contributed by atoms with Gasteiger partial charge in [-0.1, -0.05) is 11.8 Å². The van der Waals surface area contributed by atoms with E-state index in [2.05, 4.69) is 19.9 Å². The molecule has 0 spiro atoms. The van der Waals surface area contributed by atoms with Gasteiger partial charge < -0.3 is 5.73 Å². The fraction of sp³-hybridized carbons (Fsp3) is 0.417. The van der Waals surface area contributed by atoms with Crippen LogP contribution in [0.3, 0.4) is 0 Å². The van der Waals surface area contributed by atoms with Gasteiger partial charge in [-0.3, -0.25) is 4.90 Å². The van der Waals surface area contributed by atoms with Crippen molar-refractivity contribution in [1.82, 2.24) is 19.9 Å². The number of nitrogens with two attached hydrogens (primary N) is 1. The van der Waals surface area contributed by atoms with Gasteiger partial charge in [0.2, 0.25) is 0 Å². The molecule has 0 bridgehead atoms. The first-order valence-corrected chi connectivity index (χ1v) is 8.10. The Bertz CT molecular complexity index is 583. The molecule has 0 atom stereocenters. The summed E-state index contributed by atoms with van der Waals surface area (Å²) in [6.07, 6.45) is 6.81. The summed E-state index contributed by atoms with van der Waals surface area (Å²) >= 11 is 3.15. The Kier molecular flexibility index (Phi) is 3.67. The average Bonchev–Trinajstić information content (AvgIpc) is 2.83. The Morgan fingerprint density at radius 3 is 3.05 bits per heavy atom. The summed E-state index contributed by atoms with van der Waals surface area (Å²) in [5.74, 6) is 0. The topological polar surface area (TPSA) is 67.9 Å². The molecule has 0 fully saturated rings. The molecular formula is C12H15N5S2. The Labute approximate surface area is 120 Å². The number of nitrogens with zero attached hydrogens (tertiary/aromatic N) is 4. The number of fused-ring (bicyclic) bond motifs is 1. The normalized spacial score (nSPS) is 15.4. The molecule has 0 saturated carbocycles. The molecule has 3 heterocycles. The standard InChI is InChI=1S/C12H15N5S2/c1-18-12-15-4-8-6-17(3-2-10(8)16-12)7-9-5-14-11(13)19-9/h4-5H,2-3,6-7H2,1H3,(H2,13,14). The van der Waals surface area contributed by atoms with Crippen LogP contribution in [-0.2, 0) is 19.5 Å². The van der Waals surface area contributed by atoms with Crippen molar-refractivity contribution in [1.29, 1.82) is 0 Å². The zero-order valence-electron chi connectivity index (χ0n) is 10.7. The maximum atomic E-state index is 5.66. The third-order valence-electron chi connectivity index (χ3n) is 3.12. The van der Waals surface area contributed by atoms with E-state index in [0.717, 1.165) is 31.2 Å². The summed E-state index contributed by atoms with van der Waals surface area (Å²) in [7, 11) is 0. The zero-order chi connectivity index (χ0) is 13.2. The van der Waals surface area contributed by atoms with Crippen molar-refractivity contribution in [3.8, 4) is 0 Å². The molecule has 3 rings (SSSR count). The van der Waals surface area contributed by atoms with Crippen molar-refractivity contribution in [2.24, 2.45) is 0 Å². The van der Waals surface area contributed by atoms with Crippen LogP contribution in [0.5, 0.6) is 0 Å². The number of thioether (sulfide) groups is 1. The van der Waals surface area contributed by atoms with Gasteiger partial charge in [-0.25, -0.2) is 15.0 Å². The Morgan fingerprint density at radius 1 is 1.42 bits per heavy atom. The van der Waals surface area contributed by atoms with Gasteiger partial charge >= 0.3 is 0 Å². The minimum atomic E-state index is 0.639. The second kappa shape index (κ2) is 5.44. The number of hydrogen-bond donors (Lipinski definition) is 1. The van der Waals surface area contributed by atoms with E-state index in [9.17, 15) is 0 Å². The summed E-state index contributed by atoms with van der Waals surface area (Å²) in [5.41, 5.74) is 8.09. The van der Waals surface area contributed by atoms with E-state index in [1.807, 2.05) is 18.6 Å². The molecule has 0 unspecified atom stereocenters. The van der Waals surface area contributed by atoms with Crippen LogP contribution >= 0.6 is 23.1 Å². The third kappa shape index (κ3) is 2.88. The smallest absolute Gasteiger partial charge is 0.187 e. The highest BCUT2D eigenvalue weighted by molar-refractivity contribution is 7.98. The molecule has 0 amide bonds. The predicted molar refractivity (Wildman–Crippen MR) is 78.2 cm³/mol. The first-order valence-electron chi connectivity index (χ1n) is 6.06. The first kappa shape index (κ1) is 12.8. The van der Waals surface area contributed by atoms with E-state index in [-0.39, 0.29) is 0 Å². The third-order valence-corrected chi connectivity index (χ3v) is 4.50. The lowest BCUT2D eigenvalue weighted by atomic mass is 10.1. The van der Waals surface area contributed by atoms with E-state index in [1.165, 1.54) is 16.1 Å². The van der Waals surface area contributed by atoms with Gasteiger partial charge in [-0.15, -0.1) is 11.3 Å². The van der Waals surface area contributed by atoms with E-state index >= 15 is 0 Å². The molecule has 2 N–H and O–H groups in total. The van der Waals surface area contributed by atoms with Gasteiger partial charge in [0.05, 0.1) is 5.69 Å². The van der Waals surface area contributed by atoms with Crippen LogP contribution in [0, 0.1) is 0 Å². The zero-order valence-corrected chi connectivity index (χ0v) is 12.3. The van der Waals surface area contributed by atoms with Crippen LogP contribution in [0.25, 0.3) is 0 Å². The molecule has 0 aromatic carbocycles. The van der Waals surface area contributed by atoms with Gasteiger partial charge in [0, 0.05) is 48.9 Å². The van der Waals surface area contributed by atoms with Gasteiger partial charge in [-0.05, 0) is 6.26 Å². The lowest BCUT2D eigenvalue weighted by Crippen LogP contribution is -2.30. The number of thiazole rings is 1. The Morgan fingerprint density at radius 2 is 2.32 bits per heavy atom. The summed E-state index contributed by atoms with van der Waals surface area (Å²) in [4.78, 5) is 16.6. The van der Waals surface area contributed by atoms with Gasteiger partial charge in [-0.2, -0.15) is 0 Å². The summed E-state index contributed by atoms with van der Waals surface area (Å²) in [6, 6.07) is 0. The SMILES string of the molecule is CSc1ncc2c(n1)CCN(Cc1cnc(N)s1)C2. The minimum Gasteiger partial charge on any atom is -0.375 e. The van der Waals surface area contributed by atoms with E-state index in [1.54, 1.807) is 23.1 Å². The highest BCUT2D eigenvalue weighted by Crippen LogP contribution is 2.22. The molecule has 5 nitrogen and oxygen atoms in total. The number of rotatable bonds is 3. The van der Waals surface area contributed by atoms with Crippen LogP contribution < -0.4 is 5.73 Å². The maximum absolute atomic E-state index is 5.66. The molecule has 2 aromatic rings. The Balaban J connectivity index is 1.71. The molecular weight excluding hydrogens is 278 g/mol. The first-order chi connectivity index (χ1) is 9.24. The number of hydrogen-bond acceptors (Lipinski definition) is 7. The van der Waals surface area contributed by atoms with Crippen LogP contribution in [0.4, 0.5) is 5.13 Å². The molecule has 2 aromatic heterocycles. The summed E-state index contributed by atoms with van der Waals surface area (Å²) < 4.78 is 0. The number of nitrogen functional groups attached to an aromatic ring is 1. The highest BCUT2D eigenvalue weighted by Gasteiger charge is 2.19. The molecule has 19 heavy (non-hydrogen) atoms. The number of aromatic nitrogens is 3. The molecule has 1 aliphatic heterocycles. The van der Waals surface area contributed by atoms with Crippen molar-refractivity contribution in [3.05, 3.63) is 28.5 Å². The summed E-state index contributed by atoms with van der Waals surface area (Å²) in [6.45, 7) is 2.83. The second-order valence-electron chi connectivity index (χ2n) is 4.45. The largest absolute Gasteiger partial charge is 0.375 e. The monoisotopic (exact) mass is 293 g/mol. The van der Waals surface area contributed by atoms with E-state index in [4.69, 9.17) is 5.73 Å². The Hall–Kier alpha value is -1.18. The molecule has 0 radical (unpaired) electrons. The predicted octanol–water partition coefficient (Wildman–Crippen LogP) is 1.80. The molecule has 0 aliphatic carbocycles. The van der Waals surface area contributed by atoms with Gasteiger partial charge in [0.25, 0.3) is 0 Å². The van der Waals surface area contributed by atoms with Crippen LogP contribution in [0.2, 0.25) is 0 Å². The van der Waals surface area contributed by atoms with Crippen molar-refractivity contribution < 1.29 is 0 Å². The van der Waals surface area contributed by atoms with Gasteiger partial charge in [0.15, 0.2) is 10.3 Å². The lowest BCUT2D eigenvalue weighted by molar-refractivity contribution is 0.244. The second-order valence-corrected chi connectivity index (χ2v) is 6.37.